The lowest BCUT2D eigenvalue weighted by atomic mass is 10.2. The minimum Gasteiger partial charge on any atom is -0.497 e. The molecule has 30 heavy (non-hydrogen) atoms. The molecule has 0 aliphatic carbocycles. The Morgan fingerprint density at radius 2 is 1.63 bits per heavy atom. The van der Waals surface area contributed by atoms with Crippen LogP contribution in [0.25, 0.3) is 0 Å². The molecule has 2 aromatic carbocycles. The summed E-state index contributed by atoms with van der Waals surface area (Å²) in [5, 5.41) is 2.90. The molecule has 0 radical (unpaired) electrons. The number of rotatable bonds is 7. The molecule has 1 aliphatic rings. The number of halogens is 2. The molecule has 1 saturated heterocycles. The molecule has 0 atom stereocenters. The van der Waals surface area contributed by atoms with Crippen LogP contribution in [-0.4, -0.2) is 69.9 Å². The number of hydrogen-bond acceptors (Lipinski definition) is 5. The highest BCUT2D eigenvalue weighted by molar-refractivity contribution is 9.10. The Hall–Kier alpha value is -1.65. The van der Waals surface area contributed by atoms with Gasteiger partial charge in [0.1, 0.15) is 5.75 Å². The molecule has 0 spiro atoms. The number of piperazine rings is 1. The first kappa shape index (κ1) is 24.6. The maximum absolute atomic E-state index is 12.8. The lowest BCUT2D eigenvalue weighted by Gasteiger charge is -2.34. The van der Waals surface area contributed by atoms with E-state index < -0.39 is 10.0 Å². The van der Waals surface area contributed by atoms with Crippen molar-refractivity contribution in [1.29, 1.82) is 0 Å². The van der Waals surface area contributed by atoms with Crippen molar-refractivity contribution in [3.63, 3.8) is 0 Å². The lowest BCUT2D eigenvalue weighted by molar-refractivity contribution is 0.0945. The molecule has 7 nitrogen and oxygen atoms in total. The quantitative estimate of drug-likeness (QED) is 0.610. The zero-order valence-corrected chi connectivity index (χ0v) is 19.8. The summed E-state index contributed by atoms with van der Waals surface area (Å²) in [6.07, 6.45) is 0. The molecule has 2 aromatic rings. The van der Waals surface area contributed by atoms with Gasteiger partial charge in [0, 0.05) is 49.3 Å². The van der Waals surface area contributed by atoms with E-state index in [1.54, 1.807) is 43.5 Å². The Kier molecular flexibility index (Phi) is 9.11. The van der Waals surface area contributed by atoms with Crippen LogP contribution in [0.5, 0.6) is 5.75 Å². The molecule has 1 amide bonds. The van der Waals surface area contributed by atoms with E-state index in [0.29, 0.717) is 50.6 Å². The largest absolute Gasteiger partial charge is 0.497 e. The van der Waals surface area contributed by atoms with Crippen LogP contribution in [-0.2, 0) is 10.0 Å². The second kappa shape index (κ2) is 11.1. The van der Waals surface area contributed by atoms with Gasteiger partial charge in [-0.15, -0.1) is 12.4 Å². The minimum absolute atomic E-state index is 0. The highest BCUT2D eigenvalue weighted by atomic mass is 79.9. The number of sulfonamides is 1. The van der Waals surface area contributed by atoms with E-state index in [1.165, 1.54) is 4.31 Å². The fourth-order valence-corrected chi connectivity index (χ4v) is 4.81. The van der Waals surface area contributed by atoms with Gasteiger partial charge < -0.3 is 10.1 Å². The SMILES string of the molecule is COc1ccc(S(=O)(=O)N2CCN(CCNC(=O)c3ccc(Br)cc3)CC2)cc1.Cl. The fraction of sp³-hybridized carbons (Fsp3) is 0.350. The second-order valence-corrected chi connectivity index (χ2v) is 9.54. The number of benzene rings is 2. The normalized spacial score (nSPS) is 15.3. The first-order chi connectivity index (χ1) is 13.9. The number of carbonyl (C=O) groups is 1. The van der Waals surface area contributed by atoms with E-state index in [0.717, 1.165) is 4.47 Å². The Bertz CT molecular complexity index is 932. The zero-order valence-electron chi connectivity index (χ0n) is 16.6. The van der Waals surface area contributed by atoms with Gasteiger partial charge in [-0.05, 0) is 48.5 Å². The predicted molar refractivity (Wildman–Crippen MR) is 122 cm³/mol. The van der Waals surface area contributed by atoms with Crippen LogP contribution in [0, 0.1) is 0 Å². The summed E-state index contributed by atoms with van der Waals surface area (Å²) in [7, 11) is -1.96. The fourth-order valence-electron chi connectivity index (χ4n) is 3.12. The van der Waals surface area contributed by atoms with E-state index >= 15 is 0 Å². The van der Waals surface area contributed by atoms with Gasteiger partial charge in [0.2, 0.25) is 10.0 Å². The van der Waals surface area contributed by atoms with Crippen molar-refractivity contribution < 1.29 is 17.9 Å². The highest BCUT2D eigenvalue weighted by Gasteiger charge is 2.28. The zero-order chi connectivity index (χ0) is 20.9. The Morgan fingerprint density at radius 3 is 2.20 bits per heavy atom. The molecule has 0 unspecified atom stereocenters. The molecule has 0 bridgehead atoms. The molecular weight excluding hydrogens is 494 g/mol. The van der Waals surface area contributed by atoms with Crippen molar-refractivity contribution in [2.75, 3.05) is 46.4 Å². The van der Waals surface area contributed by atoms with E-state index in [1.807, 2.05) is 12.1 Å². The molecule has 3 rings (SSSR count). The molecule has 164 valence electrons. The maximum Gasteiger partial charge on any atom is 0.251 e. The van der Waals surface area contributed by atoms with Crippen molar-refractivity contribution in [2.24, 2.45) is 0 Å². The first-order valence-electron chi connectivity index (χ1n) is 9.30. The van der Waals surface area contributed by atoms with Gasteiger partial charge in [0.15, 0.2) is 0 Å². The van der Waals surface area contributed by atoms with Crippen molar-refractivity contribution in [3.05, 3.63) is 58.6 Å². The third-order valence-electron chi connectivity index (χ3n) is 4.85. The predicted octanol–water partition coefficient (Wildman–Crippen LogP) is 2.62. The number of methoxy groups -OCH3 is 1. The van der Waals surface area contributed by atoms with Crippen molar-refractivity contribution in [1.82, 2.24) is 14.5 Å². The highest BCUT2D eigenvalue weighted by Crippen LogP contribution is 2.20. The van der Waals surface area contributed by atoms with E-state index in [4.69, 9.17) is 4.74 Å². The number of carbonyl (C=O) groups excluding carboxylic acids is 1. The van der Waals surface area contributed by atoms with Crippen LogP contribution >= 0.6 is 28.3 Å². The van der Waals surface area contributed by atoms with Gasteiger partial charge in [0.05, 0.1) is 12.0 Å². The summed E-state index contributed by atoms with van der Waals surface area (Å²) < 4.78 is 33.1. The van der Waals surface area contributed by atoms with Crippen LogP contribution in [0.2, 0.25) is 0 Å². The maximum atomic E-state index is 12.8. The lowest BCUT2D eigenvalue weighted by Crippen LogP contribution is -2.50. The number of nitrogens with zero attached hydrogens (tertiary/aromatic N) is 2. The molecule has 0 aromatic heterocycles. The second-order valence-electron chi connectivity index (χ2n) is 6.68. The Morgan fingerprint density at radius 1 is 1.03 bits per heavy atom. The van der Waals surface area contributed by atoms with Gasteiger partial charge in [-0.1, -0.05) is 15.9 Å². The number of nitrogens with one attached hydrogen (secondary N) is 1. The average molecular weight is 519 g/mol. The Labute approximate surface area is 192 Å². The van der Waals surface area contributed by atoms with Crippen LogP contribution in [0.15, 0.2) is 57.9 Å². The van der Waals surface area contributed by atoms with Crippen molar-refractivity contribution in [3.8, 4) is 5.75 Å². The summed E-state index contributed by atoms with van der Waals surface area (Å²) in [6.45, 7) is 3.30. The van der Waals surface area contributed by atoms with E-state index in [-0.39, 0.29) is 23.2 Å². The minimum atomic E-state index is -3.51. The van der Waals surface area contributed by atoms with Gasteiger partial charge in [-0.2, -0.15) is 4.31 Å². The summed E-state index contributed by atoms with van der Waals surface area (Å²) in [4.78, 5) is 14.6. The van der Waals surface area contributed by atoms with Crippen LogP contribution in [0.3, 0.4) is 0 Å². The third-order valence-corrected chi connectivity index (χ3v) is 7.29. The van der Waals surface area contributed by atoms with Crippen LogP contribution in [0.4, 0.5) is 0 Å². The monoisotopic (exact) mass is 517 g/mol. The van der Waals surface area contributed by atoms with Gasteiger partial charge >= 0.3 is 0 Å². The topological polar surface area (TPSA) is 79.0 Å². The van der Waals surface area contributed by atoms with E-state index in [9.17, 15) is 13.2 Å². The van der Waals surface area contributed by atoms with Crippen LogP contribution in [0.1, 0.15) is 10.4 Å². The van der Waals surface area contributed by atoms with E-state index in [2.05, 4.69) is 26.1 Å². The average Bonchev–Trinajstić information content (AvgIpc) is 2.74. The molecule has 1 aliphatic heterocycles. The third kappa shape index (κ3) is 6.18. The van der Waals surface area contributed by atoms with Crippen molar-refractivity contribution in [2.45, 2.75) is 4.90 Å². The van der Waals surface area contributed by atoms with Gasteiger partial charge in [-0.3, -0.25) is 9.69 Å². The van der Waals surface area contributed by atoms with Crippen molar-refractivity contribution >= 4 is 44.3 Å². The van der Waals surface area contributed by atoms with Crippen LogP contribution < -0.4 is 10.1 Å². The molecule has 0 saturated carbocycles. The standard InChI is InChI=1S/C20H24BrN3O4S.ClH/c1-28-18-6-8-19(9-7-18)29(26,27)24-14-12-23(13-15-24)11-10-22-20(25)16-2-4-17(21)5-3-16;/h2-9H,10-15H2,1H3,(H,22,25);1H. The molecule has 1 N–H and O–H groups in total. The van der Waals surface area contributed by atoms with Gasteiger partial charge in [-0.25, -0.2) is 8.42 Å². The molecule has 1 heterocycles. The molecular formula is C20H25BrClN3O4S. The summed E-state index contributed by atoms with van der Waals surface area (Å²) in [6, 6.07) is 13.6. The molecule has 1 fully saturated rings. The smallest absolute Gasteiger partial charge is 0.251 e. The van der Waals surface area contributed by atoms with Gasteiger partial charge in [0.25, 0.3) is 5.91 Å². The number of ether oxygens (including phenoxy) is 1. The number of amides is 1. The Balaban J connectivity index is 0.00000320. The summed E-state index contributed by atoms with van der Waals surface area (Å²) >= 11 is 3.35. The molecule has 10 heteroatoms. The first-order valence-corrected chi connectivity index (χ1v) is 11.5. The summed E-state index contributed by atoms with van der Waals surface area (Å²) in [5.74, 6) is 0.511. The summed E-state index contributed by atoms with van der Waals surface area (Å²) in [5.41, 5.74) is 0.614. The number of hydrogen-bond donors (Lipinski definition) is 1.